The molecule has 1 heterocycles. The maximum absolute atomic E-state index is 12.3. The van der Waals surface area contributed by atoms with Crippen LogP contribution in [0.2, 0.25) is 0 Å². The van der Waals surface area contributed by atoms with Crippen LogP contribution in [-0.2, 0) is 10.5 Å². The number of nitrogens with zero attached hydrogens (tertiary/aromatic N) is 2. The summed E-state index contributed by atoms with van der Waals surface area (Å²) in [4.78, 5) is 3.90. The van der Waals surface area contributed by atoms with Gasteiger partial charge in [-0.1, -0.05) is 16.0 Å². The van der Waals surface area contributed by atoms with Crippen LogP contribution in [0.15, 0.2) is 24.3 Å². The van der Waals surface area contributed by atoms with Gasteiger partial charge < -0.3 is 9.92 Å². The number of benzene rings is 1. The Labute approximate surface area is 100 Å². The van der Waals surface area contributed by atoms with Gasteiger partial charge in [-0.2, -0.15) is 17.8 Å². The van der Waals surface area contributed by atoms with Gasteiger partial charge in [-0.15, -0.1) is 0 Å². The summed E-state index contributed by atoms with van der Waals surface area (Å²) in [6.45, 7) is 0. The molecule has 1 aromatic heterocycles. The molecule has 0 amide bonds. The lowest BCUT2D eigenvalue weighted by Gasteiger charge is -2.01. The van der Waals surface area contributed by atoms with Crippen molar-refractivity contribution in [2.75, 3.05) is 5.73 Å². The zero-order valence-corrected chi connectivity index (χ0v) is 9.83. The summed E-state index contributed by atoms with van der Waals surface area (Å²) in [5.41, 5.74) is 5.90. The Morgan fingerprint density at radius 1 is 1.41 bits per heavy atom. The van der Waals surface area contributed by atoms with Gasteiger partial charge in [0.2, 0.25) is 0 Å². The first-order valence-electron chi connectivity index (χ1n) is 4.28. The Kier molecular flexibility index (Phi) is 2.94. The molecule has 90 valence electrons. The lowest BCUT2D eigenvalue weighted by molar-refractivity contribution is 0.440. The van der Waals surface area contributed by atoms with E-state index in [1.807, 2.05) is 0 Å². The van der Waals surface area contributed by atoms with Crippen molar-refractivity contribution in [2.24, 2.45) is 0 Å². The average Bonchev–Trinajstić information content (AvgIpc) is 2.63. The van der Waals surface area contributed by atoms with E-state index < -0.39 is 10.5 Å². The maximum Gasteiger partial charge on any atom is 0.488 e. The maximum atomic E-state index is 12.3. The van der Waals surface area contributed by atoms with Crippen molar-refractivity contribution in [3.8, 4) is 17.1 Å². The van der Waals surface area contributed by atoms with E-state index in [9.17, 15) is 12.3 Å². The summed E-state index contributed by atoms with van der Waals surface area (Å²) in [6, 6.07) is 5.72. The van der Waals surface area contributed by atoms with Gasteiger partial charge in [-0.25, -0.2) is 0 Å². The SMILES string of the molecule is Nc1nc(-c2cccc(OS(=O)(=O)F)c2)ns1. The van der Waals surface area contributed by atoms with Crippen LogP contribution in [0.25, 0.3) is 11.4 Å². The van der Waals surface area contributed by atoms with E-state index in [1.54, 1.807) is 6.07 Å². The molecule has 1 aromatic carbocycles. The molecule has 17 heavy (non-hydrogen) atoms. The van der Waals surface area contributed by atoms with Crippen LogP contribution < -0.4 is 9.92 Å². The molecule has 0 bridgehead atoms. The van der Waals surface area contributed by atoms with Crippen LogP contribution in [-0.4, -0.2) is 17.8 Å². The molecule has 0 saturated carbocycles. The zero-order valence-electron chi connectivity index (χ0n) is 8.20. The van der Waals surface area contributed by atoms with Gasteiger partial charge in [0, 0.05) is 17.1 Å². The molecular formula is C8H6FN3O3S2. The third kappa shape index (κ3) is 3.11. The molecule has 0 unspecified atom stereocenters. The zero-order chi connectivity index (χ0) is 12.5. The van der Waals surface area contributed by atoms with E-state index in [-0.39, 0.29) is 10.9 Å². The predicted octanol–water partition coefficient (Wildman–Crippen LogP) is 1.38. The molecule has 0 saturated heterocycles. The van der Waals surface area contributed by atoms with E-state index in [0.717, 1.165) is 11.5 Å². The van der Waals surface area contributed by atoms with E-state index in [2.05, 4.69) is 13.5 Å². The second kappa shape index (κ2) is 4.26. The van der Waals surface area contributed by atoms with Crippen LogP contribution in [0.3, 0.4) is 0 Å². The summed E-state index contributed by atoms with van der Waals surface area (Å²) >= 11 is 1.00. The molecule has 9 heteroatoms. The van der Waals surface area contributed by atoms with E-state index >= 15 is 0 Å². The average molecular weight is 275 g/mol. The quantitative estimate of drug-likeness (QED) is 0.850. The first kappa shape index (κ1) is 11.7. The largest absolute Gasteiger partial charge is 0.488 e. The van der Waals surface area contributed by atoms with Gasteiger partial charge in [0.05, 0.1) is 0 Å². The molecular weight excluding hydrogens is 269 g/mol. The number of halogens is 1. The minimum atomic E-state index is -5.03. The van der Waals surface area contributed by atoms with Crippen molar-refractivity contribution in [3.63, 3.8) is 0 Å². The van der Waals surface area contributed by atoms with Crippen LogP contribution >= 0.6 is 11.5 Å². The molecule has 0 aliphatic carbocycles. The normalized spacial score (nSPS) is 11.4. The fourth-order valence-corrected chi connectivity index (χ4v) is 1.94. The number of hydrogen-bond acceptors (Lipinski definition) is 7. The van der Waals surface area contributed by atoms with Crippen molar-refractivity contribution in [1.82, 2.24) is 9.36 Å². The minimum absolute atomic E-state index is 0.154. The number of rotatable bonds is 3. The number of aromatic nitrogens is 2. The number of nitrogens with two attached hydrogens (primary N) is 1. The summed E-state index contributed by atoms with van der Waals surface area (Å²) in [5.74, 6) is 0.174. The first-order chi connectivity index (χ1) is 7.94. The van der Waals surface area contributed by atoms with Gasteiger partial charge in [0.25, 0.3) is 0 Å². The molecule has 0 fully saturated rings. The van der Waals surface area contributed by atoms with E-state index in [4.69, 9.17) is 5.73 Å². The molecule has 0 aliphatic heterocycles. The van der Waals surface area contributed by atoms with Gasteiger partial charge >= 0.3 is 10.5 Å². The van der Waals surface area contributed by atoms with Gasteiger partial charge in [0.15, 0.2) is 11.0 Å². The second-order valence-electron chi connectivity index (χ2n) is 2.96. The van der Waals surface area contributed by atoms with Gasteiger partial charge in [-0.3, -0.25) is 0 Å². The molecule has 0 atom stereocenters. The molecule has 0 radical (unpaired) electrons. The lowest BCUT2D eigenvalue weighted by Crippen LogP contribution is -2.01. The summed E-state index contributed by atoms with van der Waals surface area (Å²) in [6.07, 6.45) is 0. The Hall–Kier alpha value is -1.74. The van der Waals surface area contributed by atoms with Gasteiger partial charge in [0.1, 0.15) is 5.75 Å². The third-order valence-corrected chi connectivity index (χ3v) is 2.66. The fraction of sp³-hybridized carbons (Fsp3) is 0. The Morgan fingerprint density at radius 2 is 2.18 bits per heavy atom. The summed E-state index contributed by atoms with van der Waals surface area (Å²) in [7, 11) is -5.03. The van der Waals surface area contributed by atoms with Crippen LogP contribution in [0.1, 0.15) is 0 Å². The molecule has 2 N–H and O–H groups in total. The number of nitrogen functional groups attached to an aromatic ring is 1. The highest BCUT2D eigenvalue weighted by molar-refractivity contribution is 7.81. The topological polar surface area (TPSA) is 95.2 Å². The molecule has 2 aromatic rings. The van der Waals surface area contributed by atoms with Crippen molar-refractivity contribution < 1.29 is 16.5 Å². The minimum Gasteiger partial charge on any atom is -0.374 e. The lowest BCUT2D eigenvalue weighted by atomic mass is 10.2. The Bertz CT molecular complexity index is 641. The third-order valence-electron chi connectivity index (χ3n) is 1.73. The molecule has 2 rings (SSSR count). The van der Waals surface area contributed by atoms with Crippen LogP contribution in [0.4, 0.5) is 9.02 Å². The van der Waals surface area contributed by atoms with E-state index in [0.29, 0.717) is 11.4 Å². The van der Waals surface area contributed by atoms with Crippen molar-refractivity contribution in [3.05, 3.63) is 24.3 Å². The number of anilines is 1. The summed E-state index contributed by atoms with van der Waals surface area (Å²) in [5, 5.41) is 0.282. The van der Waals surface area contributed by atoms with E-state index in [1.165, 1.54) is 18.2 Å². The van der Waals surface area contributed by atoms with Crippen LogP contribution in [0, 0.1) is 0 Å². The Morgan fingerprint density at radius 3 is 2.76 bits per heavy atom. The highest BCUT2D eigenvalue weighted by atomic mass is 32.3. The van der Waals surface area contributed by atoms with Crippen molar-refractivity contribution in [1.29, 1.82) is 0 Å². The summed E-state index contributed by atoms with van der Waals surface area (Å²) < 4.78 is 41.0. The predicted molar refractivity (Wildman–Crippen MR) is 60.4 cm³/mol. The molecule has 6 nitrogen and oxygen atoms in total. The van der Waals surface area contributed by atoms with Crippen molar-refractivity contribution in [2.45, 2.75) is 0 Å². The fourth-order valence-electron chi connectivity index (χ4n) is 1.15. The monoisotopic (exact) mass is 275 g/mol. The Balaban J connectivity index is 2.35. The van der Waals surface area contributed by atoms with Crippen molar-refractivity contribution >= 4 is 27.2 Å². The smallest absolute Gasteiger partial charge is 0.374 e. The highest BCUT2D eigenvalue weighted by Crippen LogP contribution is 2.24. The first-order valence-corrected chi connectivity index (χ1v) is 6.36. The van der Waals surface area contributed by atoms with Gasteiger partial charge in [-0.05, 0) is 12.1 Å². The van der Waals surface area contributed by atoms with Crippen LogP contribution in [0.5, 0.6) is 5.75 Å². The molecule has 0 aliphatic rings. The molecule has 0 spiro atoms. The standard InChI is InChI=1S/C8H6FN3O3S2/c9-17(13,14)15-6-3-1-2-5(4-6)7-11-8(10)16-12-7/h1-4H,(H2,10,11,12). The highest BCUT2D eigenvalue weighted by Gasteiger charge is 2.11. The number of hydrogen-bond donors (Lipinski definition) is 1. The second-order valence-corrected chi connectivity index (χ2v) is 4.70.